The van der Waals surface area contributed by atoms with Crippen molar-refractivity contribution >= 4 is 11.7 Å². The first-order valence-electron chi connectivity index (χ1n) is 8.05. The fourth-order valence-corrected chi connectivity index (χ4v) is 2.83. The van der Waals surface area contributed by atoms with Crippen molar-refractivity contribution in [1.29, 1.82) is 0 Å². The molecule has 1 aromatic heterocycles. The molecule has 6 nitrogen and oxygen atoms in total. The number of benzene rings is 1. The monoisotopic (exact) mass is 314 g/mol. The Bertz CT molecular complexity index is 655. The fourth-order valence-electron chi connectivity index (χ4n) is 2.83. The normalized spacial score (nSPS) is 16.3. The van der Waals surface area contributed by atoms with Crippen LogP contribution in [-0.2, 0) is 6.42 Å². The van der Waals surface area contributed by atoms with Gasteiger partial charge in [0.2, 0.25) is 0 Å². The summed E-state index contributed by atoms with van der Waals surface area (Å²) < 4.78 is 5.74. The number of carbonyl (C=O) groups excluding carboxylic acids is 1. The number of imidazole rings is 1. The maximum Gasteiger partial charge on any atom is 0.319 e. The van der Waals surface area contributed by atoms with E-state index >= 15 is 0 Å². The number of aromatic nitrogens is 2. The SMILES string of the molecule is CCCNC(=O)Nc1ccc2c(c1)C(Cc1cnc[nH]1)CCO2. The zero-order chi connectivity index (χ0) is 16.1. The van der Waals surface area contributed by atoms with E-state index in [1.165, 1.54) is 0 Å². The van der Waals surface area contributed by atoms with Gasteiger partial charge in [-0.25, -0.2) is 9.78 Å². The fraction of sp³-hybridized carbons (Fsp3) is 0.412. The lowest BCUT2D eigenvalue weighted by atomic mass is 9.89. The molecule has 2 heterocycles. The summed E-state index contributed by atoms with van der Waals surface area (Å²) in [4.78, 5) is 19.0. The summed E-state index contributed by atoms with van der Waals surface area (Å²) in [5, 5.41) is 5.69. The number of hydrogen-bond donors (Lipinski definition) is 3. The summed E-state index contributed by atoms with van der Waals surface area (Å²) in [6.07, 6.45) is 6.32. The first kappa shape index (κ1) is 15.4. The molecule has 1 unspecified atom stereocenters. The molecule has 2 aromatic rings. The summed E-state index contributed by atoms with van der Waals surface area (Å²) in [6, 6.07) is 5.65. The van der Waals surface area contributed by atoms with E-state index < -0.39 is 0 Å². The first-order chi connectivity index (χ1) is 11.3. The molecule has 1 aliphatic heterocycles. The van der Waals surface area contributed by atoms with Crippen molar-refractivity contribution in [3.8, 4) is 5.75 Å². The minimum atomic E-state index is -0.173. The Morgan fingerprint density at radius 1 is 1.48 bits per heavy atom. The van der Waals surface area contributed by atoms with Gasteiger partial charge in [0.25, 0.3) is 0 Å². The Morgan fingerprint density at radius 3 is 3.17 bits per heavy atom. The molecule has 1 aliphatic rings. The first-order valence-corrected chi connectivity index (χ1v) is 8.05. The third-order valence-electron chi connectivity index (χ3n) is 3.99. The number of nitrogens with zero attached hydrogens (tertiary/aromatic N) is 1. The Kier molecular flexibility index (Phi) is 4.80. The van der Waals surface area contributed by atoms with E-state index in [-0.39, 0.29) is 6.03 Å². The highest BCUT2D eigenvalue weighted by Gasteiger charge is 2.23. The lowest BCUT2D eigenvalue weighted by Gasteiger charge is -2.26. The molecule has 122 valence electrons. The van der Waals surface area contributed by atoms with Gasteiger partial charge in [-0.1, -0.05) is 6.92 Å². The number of nitrogens with one attached hydrogen (secondary N) is 3. The van der Waals surface area contributed by atoms with Gasteiger partial charge in [0, 0.05) is 24.1 Å². The molecule has 0 aliphatic carbocycles. The van der Waals surface area contributed by atoms with Crippen molar-refractivity contribution in [3.63, 3.8) is 0 Å². The molecule has 1 atom stereocenters. The molecule has 0 bridgehead atoms. The molecule has 1 aromatic carbocycles. The number of hydrogen-bond acceptors (Lipinski definition) is 3. The van der Waals surface area contributed by atoms with E-state index in [4.69, 9.17) is 4.74 Å². The Morgan fingerprint density at radius 2 is 2.39 bits per heavy atom. The number of aromatic amines is 1. The number of rotatable bonds is 5. The zero-order valence-corrected chi connectivity index (χ0v) is 13.3. The van der Waals surface area contributed by atoms with Crippen LogP contribution in [0.15, 0.2) is 30.7 Å². The van der Waals surface area contributed by atoms with Gasteiger partial charge in [0.1, 0.15) is 5.75 Å². The van der Waals surface area contributed by atoms with E-state index in [1.807, 2.05) is 31.3 Å². The van der Waals surface area contributed by atoms with Gasteiger partial charge in [-0.3, -0.25) is 0 Å². The molecule has 0 fully saturated rings. The molecule has 2 amide bonds. The number of fused-ring (bicyclic) bond motifs is 1. The third kappa shape index (κ3) is 3.83. The van der Waals surface area contributed by atoms with Crippen LogP contribution >= 0.6 is 0 Å². The van der Waals surface area contributed by atoms with Gasteiger partial charge in [0.05, 0.1) is 12.9 Å². The quantitative estimate of drug-likeness (QED) is 0.793. The lowest BCUT2D eigenvalue weighted by Crippen LogP contribution is -2.29. The molecule has 0 saturated carbocycles. The second kappa shape index (κ2) is 7.17. The maximum atomic E-state index is 11.8. The largest absolute Gasteiger partial charge is 0.493 e. The van der Waals surface area contributed by atoms with Crippen molar-refractivity contribution in [1.82, 2.24) is 15.3 Å². The van der Waals surface area contributed by atoms with Crippen LogP contribution in [-0.4, -0.2) is 29.2 Å². The van der Waals surface area contributed by atoms with Crippen LogP contribution in [0.25, 0.3) is 0 Å². The molecule has 0 radical (unpaired) electrons. The summed E-state index contributed by atoms with van der Waals surface area (Å²) in [5.74, 6) is 1.26. The van der Waals surface area contributed by atoms with Gasteiger partial charge in [-0.2, -0.15) is 0 Å². The number of ether oxygens (including phenoxy) is 1. The van der Waals surface area contributed by atoms with Gasteiger partial charge in [-0.15, -0.1) is 0 Å². The molecule has 0 spiro atoms. The third-order valence-corrected chi connectivity index (χ3v) is 3.99. The molecular formula is C17H22N4O2. The number of carbonyl (C=O) groups is 1. The van der Waals surface area contributed by atoms with Crippen LogP contribution in [0.5, 0.6) is 5.75 Å². The summed E-state index contributed by atoms with van der Waals surface area (Å²) in [6.45, 7) is 3.41. The van der Waals surface area contributed by atoms with E-state index in [0.29, 0.717) is 12.5 Å². The number of anilines is 1. The zero-order valence-electron chi connectivity index (χ0n) is 13.3. The van der Waals surface area contributed by atoms with Crippen LogP contribution in [0.3, 0.4) is 0 Å². The smallest absolute Gasteiger partial charge is 0.319 e. The van der Waals surface area contributed by atoms with Crippen molar-refractivity contribution in [3.05, 3.63) is 42.0 Å². The standard InChI is InChI=1S/C17H22N4O2/c1-2-6-19-17(22)21-13-3-4-16-15(9-13)12(5-7-23-16)8-14-10-18-11-20-14/h3-4,9-12H,2,5-8H2,1H3,(H,18,20)(H2,19,21,22). The van der Waals surface area contributed by atoms with Gasteiger partial charge in [0.15, 0.2) is 0 Å². The Hall–Kier alpha value is -2.50. The Labute approximate surface area is 135 Å². The molecule has 6 heteroatoms. The predicted molar refractivity (Wildman–Crippen MR) is 88.9 cm³/mol. The van der Waals surface area contributed by atoms with Crippen LogP contribution < -0.4 is 15.4 Å². The lowest BCUT2D eigenvalue weighted by molar-refractivity contribution is 0.252. The average Bonchev–Trinajstić information content (AvgIpc) is 3.06. The topological polar surface area (TPSA) is 79.0 Å². The van der Waals surface area contributed by atoms with Crippen LogP contribution in [0, 0.1) is 0 Å². The number of urea groups is 1. The molecule has 0 saturated heterocycles. The second-order valence-electron chi connectivity index (χ2n) is 5.75. The maximum absolute atomic E-state index is 11.8. The highest BCUT2D eigenvalue weighted by molar-refractivity contribution is 5.89. The van der Waals surface area contributed by atoms with E-state index in [9.17, 15) is 4.79 Å². The Balaban J connectivity index is 1.74. The van der Waals surface area contributed by atoms with E-state index in [2.05, 4.69) is 20.6 Å². The summed E-state index contributed by atoms with van der Waals surface area (Å²) in [5.41, 5.74) is 3.04. The van der Waals surface area contributed by atoms with Crippen LogP contribution in [0.4, 0.5) is 10.5 Å². The van der Waals surface area contributed by atoms with Gasteiger partial charge >= 0.3 is 6.03 Å². The number of H-pyrrole nitrogens is 1. The van der Waals surface area contributed by atoms with E-state index in [1.54, 1.807) is 6.33 Å². The average molecular weight is 314 g/mol. The number of amides is 2. The summed E-state index contributed by atoms with van der Waals surface area (Å²) in [7, 11) is 0. The molecule has 3 N–H and O–H groups in total. The van der Waals surface area contributed by atoms with E-state index in [0.717, 1.165) is 48.6 Å². The highest BCUT2D eigenvalue weighted by Crippen LogP contribution is 2.37. The molecule has 3 rings (SSSR count). The van der Waals surface area contributed by atoms with Crippen LogP contribution in [0.2, 0.25) is 0 Å². The van der Waals surface area contributed by atoms with Crippen molar-refractivity contribution in [2.24, 2.45) is 0 Å². The second-order valence-corrected chi connectivity index (χ2v) is 5.75. The van der Waals surface area contributed by atoms with Gasteiger partial charge < -0.3 is 20.4 Å². The van der Waals surface area contributed by atoms with Crippen molar-refractivity contribution in [2.75, 3.05) is 18.5 Å². The van der Waals surface area contributed by atoms with Crippen molar-refractivity contribution < 1.29 is 9.53 Å². The predicted octanol–water partition coefficient (Wildman–Crippen LogP) is 3.05. The van der Waals surface area contributed by atoms with Crippen LogP contribution in [0.1, 0.15) is 36.9 Å². The minimum absolute atomic E-state index is 0.173. The molecular weight excluding hydrogens is 292 g/mol. The summed E-state index contributed by atoms with van der Waals surface area (Å²) >= 11 is 0. The van der Waals surface area contributed by atoms with Crippen molar-refractivity contribution in [2.45, 2.75) is 32.1 Å². The minimum Gasteiger partial charge on any atom is -0.493 e. The highest BCUT2D eigenvalue weighted by atomic mass is 16.5. The van der Waals surface area contributed by atoms with Gasteiger partial charge in [-0.05, 0) is 48.9 Å². The molecule has 23 heavy (non-hydrogen) atoms.